The van der Waals surface area contributed by atoms with Crippen molar-refractivity contribution in [2.24, 2.45) is 5.73 Å². The molecule has 0 saturated carbocycles. The van der Waals surface area contributed by atoms with Gasteiger partial charge in [-0.05, 0) is 17.5 Å². The number of nitrogens with one attached hydrogen (secondary N) is 1. The van der Waals surface area contributed by atoms with Crippen molar-refractivity contribution in [3.8, 4) is 0 Å². The molecular formula is C15H19N3O2. The highest BCUT2D eigenvalue weighted by molar-refractivity contribution is 5.91. The lowest BCUT2D eigenvalue weighted by Gasteiger charge is -2.28. The molecule has 1 heterocycles. The molecule has 0 aliphatic carbocycles. The van der Waals surface area contributed by atoms with Crippen LogP contribution in [0.3, 0.4) is 0 Å². The van der Waals surface area contributed by atoms with E-state index in [0.717, 1.165) is 6.42 Å². The number of nitrogens with zero attached hydrogens (tertiary/aromatic N) is 1. The molecule has 20 heavy (non-hydrogen) atoms. The summed E-state index contributed by atoms with van der Waals surface area (Å²) in [5, 5.41) is 2.57. The van der Waals surface area contributed by atoms with Crippen molar-refractivity contribution in [1.29, 1.82) is 0 Å². The highest BCUT2D eigenvalue weighted by Gasteiger charge is 2.20. The minimum Gasteiger partial charge on any atom is -0.343 e. The summed E-state index contributed by atoms with van der Waals surface area (Å²) in [6.45, 7) is 1.65. The van der Waals surface area contributed by atoms with E-state index in [-0.39, 0.29) is 18.4 Å². The quantitative estimate of drug-likeness (QED) is 0.770. The molecule has 1 aliphatic heterocycles. The van der Waals surface area contributed by atoms with Gasteiger partial charge < -0.3 is 16.0 Å². The molecule has 0 bridgehead atoms. The molecule has 0 saturated heterocycles. The summed E-state index contributed by atoms with van der Waals surface area (Å²) in [4.78, 5) is 25.2. The van der Waals surface area contributed by atoms with E-state index in [1.54, 1.807) is 11.0 Å². The maximum Gasteiger partial charge on any atom is 0.244 e. The van der Waals surface area contributed by atoms with Crippen LogP contribution in [0.2, 0.25) is 0 Å². The number of nitrogens with two attached hydrogens (primary N) is 1. The first-order chi connectivity index (χ1) is 9.70. The van der Waals surface area contributed by atoms with Crippen molar-refractivity contribution in [3.05, 3.63) is 47.5 Å². The van der Waals surface area contributed by atoms with E-state index in [2.05, 4.69) is 11.4 Å². The average molecular weight is 273 g/mol. The maximum atomic E-state index is 12.0. The van der Waals surface area contributed by atoms with E-state index in [4.69, 9.17) is 5.73 Å². The average Bonchev–Trinajstić information content (AvgIpc) is 2.50. The van der Waals surface area contributed by atoms with Crippen molar-refractivity contribution in [2.45, 2.75) is 13.0 Å². The van der Waals surface area contributed by atoms with Gasteiger partial charge in [-0.2, -0.15) is 0 Å². The smallest absolute Gasteiger partial charge is 0.244 e. The molecule has 3 N–H and O–H groups in total. The van der Waals surface area contributed by atoms with Gasteiger partial charge in [-0.25, -0.2) is 0 Å². The Morgan fingerprint density at radius 2 is 2.05 bits per heavy atom. The molecule has 2 amide bonds. The Morgan fingerprint density at radius 3 is 2.80 bits per heavy atom. The van der Waals surface area contributed by atoms with Crippen LogP contribution in [-0.2, 0) is 22.6 Å². The zero-order valence-corrected chi connectivity index (χ0v) is 11.3. The standard InChI is InChI=1S/C15H19N3O2/c16-8-3-6-14(19)17-10-15(20)18-9-7-12-4-1-2-5-13(12)11-18/h1-6H,7-11,16H2,(H,17,19)/b6-3+. The molecule has 0 aromatic heterocycles. The Kier molecular flexibility index (Phi) is 4.90. The number of carbonyl (C=O) groups excluding carboxylic acids is 2. The van der Waals surface area contributed by atoms with E-state index in [9.17, 15) is 9.59 Å². The second-order valence-electron chi connectivity index (χ2n) is 4.69. The normalized spacial score (nSPS) is 14.2. The minimum absolute atomic E-state index is 0.0237. The van der Waals surface area contributed by atoms with Gasteiger partial charge in [0.2, 0.25) is 11.8 Å². The first kappa shape index (κ1) is 14.3. The SMILES string of the molecule is NC/C=C/C(=O)NCC(=O)N1CCc2ccccc2C1. The Labute approximate surface area is 118 Å². The van der Waals surface area contributed by atoms with Gasteiger partial charge in [0.05, 0.1) is 6.54 Å². The van der Waals surface area contributed by atoms with Gasteiger partial charge in [0.25, 0.3) is 0 Å². The summed E-state index contributed by atoms with van der Waals surface area (Å²) in [6, 6.07) is 8.13. The molecule has 5 heteroatoms. The monoisotopic (exact) mass is 273 g/mol. The molecule has 0 unspecified atom stereocenters. The van der Waals surface area contributed by atoms with Gasteiger partial charge >= 0.3 is 0 Å². The Morgan fingerprint density at radius 1 is 1.30 bits per heavy atom. The number of hydrogen-bond donors (Lipinski definition) is 2. The Hall–Kier alpha value is -2.14. The summed E-state index contributed by atoms with van der Waals surface area (Å²) in [5.41, 5.74) is 7.73. The van der Waals surface area contributed by atoms with Crippen LogP contribution < -0.4 is 11.1 Å². The first-order valence-corrected chi connectivity index (χ1v) is 6.69. The van der Waals surface area contributed by atoms with Gasteiger partial charge in [-0.3, -0.25) is 9.59 Å². The van der Waals surface area contributed by atoms with Crippen LogP contribution in [0.25, 0.3) is 0 Å². The largest absolute Gasteiger partial charge is 0.343 e. The predicted octanol–water partition coefficient (Wildman–Crippen LogP) is 0.202. The van der Waals surface area contributed by atoms with E-state index < -0.39 is 0 Å². The van der Waals surface area contributed by atoms with E-state index >= 15 is 0 Å². The number of amides is 2. The predicted molar refractivity (Wildman–Crippen MR) is 76.8 cm³/mol. The van der Waals surface area contributed by atoms with Gasteiger partial charge in [0.15, 0.2) is 0 Å². The number of fused-ring (bicyclic) bond motifs is 1. The van der Waals surface area contributed by atoms with Crippen LogP contribution in [0, 0.1) is 0 Å². The third kappa shape index (κ3) is 3.68. The molecule has 1 aromatic carbocycles. The van der Waals surface area contributed by atoms with E-state index in [0.29, 0.717) is 19.6 Å². The second kappa shape index (κ2) is 6.86. The molecule has 1 aromatic rings. The summed E-state index contributed by atoms with van der Waals surface area (Å²) in [6.07, 6.45) is 3.76. The zero-order chi connectivity index (χ0) is 14.4. The fourth-order valence-corrected chi connectivity index (χ4v) is 2.22. The van der Waals surface area contributed by atoms with Crippen molar-refractivity contribution in [1.82, 2.24) is 10.2 Å². The van der Waals surface area contributed by atoms with E-state index in [1.807, 2.05) is 18.2 Å². The number of carbonyl (C=O) groups is 2. The molecule has 0 spiro atoms. The van der Waals surface area contributed by atoms with Crippen LogP contribution in [0.5, 0.6) is 0 Å². The zero-order valence-electron chi connectivity index (χ0n) is 11.3. The molecule has 0 fully saturated rings. The lowest BCUT2D eigenvalue weighted by molar-refractivity contribution is -0.132. The second-order valence-corrected chi connectivity index (χ2v) is 4.69. The maximum absolute atomic E-state index is 12.0. The molecule has 2 rings (SSSR count). The summed E-state index contributed by atoms with van der Waals surface area (Å²) in [5.74, 6) is -0.352. The van der Waals surface area contributed by atoms with Gasteiger partial charge in [0.1, 0.15) is 0 Å². The fourth-order valence-electron chi connectivity index (χ4n) is 2.22. The topological polar surface area (TPSA) is 75.4 Å². The Bertz CT molecular complexity index is 526. The number of hydrogen-bond acceptors (Lipinski definition) is 3. The number of rotatable bonds is 4. The van der Waals surface area contributed by atoms with Gasteiger partial charge in [-0.15, -0.1) is 0 Å². The molecule has 5 nitrogen and oxygen atoms in total. The molecule has 106 valence electrons. The molecule has 1 aliphatic rings. The van der Waals surface area contributed by atoms with Crippen LogP contribution >= 0.6 is 0 Å². The molecular weight excluding hydrogens is 254 g/mol. The lowest BCUT2D eigenvalue weighted by Crippen LogP contribution is -2.42. The summed E-state index contributed by atoms with van der Waals surface area (Å²) in [7, 11) is 0. The molecule has 0 radical (unpaired) electrons. The van der Waals surface area contributed by atoms with Crippen molar-refractivity contribution in [2.75, 3.05) is 19.6 Å². The van der Waals surface area contributed by atoms with Crippen molar-refractivity contribution < 1.29 is 9.59 Å². The van der Waals surface area contributed by atoms with Crippen molar-refractivity contribution in [3.63, 3.8) is 0 Å². The van der Waals surface area contributed by atoms with Crippen molar-refractivity contribution >= 4 is 11.8 Å². The van der Waals surface area contributed by atoms with Gasteiger partial charge in [0, 0.05) is 25.7 Å². The van der Waals surface area contributed by atoms with Crippen LogP contribution in [-0.4, -0.2) is 36.3 Å². The first-order valence-electron chi connectivity index (χ1n) is 6.69. The van der Waals surface area contributed by atoms with Crippen LogP contribution in [0.15, 0.2) is 36.4 Å². The van der Waals surface area contributed by atoms with Crippen LogP contribution in [0.4, 0.5) is 0 Å². The fraction of sp³-hybridized carbons (Fsp3) is 0.333. The summed E-state index contributed by atoms with van der Waals surface area (Å²) >= 11 is 0. The Balaban J connectivity index is 1.86. The highest BCUT2D eigenvalue weighted by Crippen LogP contribution is 2.18. The van der Waals surface area contributed by atoms with E-state index in [1.165, 1.54) is 17.2 Å². The third-order valence-corrected chi connectivity index (χ3v) is 3.30. The van der Waals surface area contributed by atoms with Gasteiger partial charge in [-0.1, -0.05) is 30.3 Å². The highest BCUT2D eigenvalue weighted by atomic mass is 16.2. The molecule has 0 atom stereocenters. The lowest BCUT2D eigenvalue weighted by atomic mass is 10.00. The number of benzene rings is 1. The summed E-state index contributed by atoms with van der Waals surface area (Å²) < 4.78 is 0. The van der Waals surface area contributed by atoms with Crippen LogP contribution in [0.1, 0.15) is 11.1 Å². The minimum atomic E-state index is -0.291. The third-order valence-electron chi connectivity index (χ3n) is 3.30.